The number of likely N-dealkylation sites (N-methyl/N-ethyl adjacent to an activating group) is 1. The Morgan fingerprint density at radius 3 is 2.30 bits per heavy atom. The van der Waals surface area contributed by atoms with Crippen molar-refractivity contribution >= 4 is 0 Å². The van der Waals surface area contributed by atoms with E-state index in [1.54, 1.807) is 0 Å². The molecule has 0 aromatic carbocycles. The summed E-state index contributed by atoms with van der Waals surface area (Å²) in [6.45, 7) is 2.47. The monoisotopic (exact) mass is 139 g/mol. The fourth-order valence-corrected chi connectivity index (χ4v) is 2.44. The van der Waals surface area contributed by atoms with Gasteiger partial charge in [0.25, 0.3) is 0 Å². The van der Waals surface area contributed by atoms with Gasteiger partial charge in [0.1, 0.15) is 5.66 Å². The summed E-state index contributed by atoms with van der Waals surface area (Å²) >= 11 is 0. The number of nitrogens with one attached hydrogen (secondary N) is 2. The molecule has 0 aromatic rings. The third-order valence-corrected chi connectivity index (χ3v) is 3.27. The van der Waals surface area contributed by atoms with Crippen molar-refractivity contribution in [2.75, 3.05) is 20.1 Å². The molecule has 3 heteroatoms. The van der Waals surface area contributed by atoms with Crippen molar-refractivity contribution in [2.45, 2.75) is 18.5 Å². The second kappa shape index (κ2) is 1.26. The Kier molecular flexibility index (Phi) is 0.698. The van der Waals surface area contributed by atoms with Crippen LogP contribution in [-0.2, 0) is 0 Å². The van der Waals surface area contributed by atoms with Gasteiger partial charge in [-0.15, -0.1) is 0 Å². The van der Waals surface area contributed by atoms with Crippen molar-refractivity contribution < 1.29 is 0 Å². The standard InChI is InChI=1S/C7H13N3/c1-10-4-6(2-3-6)7(5-10)8-9-7/h8-9H,2-5H2,1H3. The molecule has 10 heavy (non-hydrogen) atoms. The highest BCUT2D eigenvalue weighted by Crippen LogP contribution is 2.59. The predicted molar refractivity (Wildman–Crippen MR) is 38.2 cm³/mol. The lowest BCUT2D eigenvalue weighted by Crippen LogP contribution is -2.29. The lowest BCUT2D eigenvalue weighted by Gasteiger charge is -2.09. The van der Waals surface area contributed by atoms with E-state index in [9.17, 15) is 0 Å². The number of nitrogens with zero attached hydrogens (tertiary/aromatic N) is 1. The molecule has 2 heterocycles. The molecule has 0 amide bonds. The minimum atomic E-state index is 0.349. The summed E-state index contributed by atoms with van der Waals surface area (Å²) in [5, 5.41) is 0. The summed E-state index contributed by atoms with van der Waals surface area (Å²) in [5.41, 5.74) is 7.58. The molecular formula is C7H13N3. The number of hydrogen-bond acceptors (Lipinski definition) is 3. The van der Waals surface area contributed by atoms with Crippen LogP contribution in [0.2, 0.25) is 0 Å². The Morgan fingerprint density at radius 2 is 1.90 bits per heavy atom. The molecule has 0 radical (unpaired) electrons. The maximum Gasteiger partial charge on any atom is 0.114 e. The molecule has 0 unspecified atom stereocenters. The minimum absolute atomic E-state index is 0.349. The smallest absolute Gasteiger partial charge is 0.114 e. The van der Waals surface area contributed by atoms with E-state index in [1.807, 2.05) is 0 Å². The average molecular weight is 139 g/mol. The molecule has 2 N–H and O–H groups in total. The maximum atomic E-state index is 3.30. The molecule has 0 bridgehead atoms. The van der Waals surface area contributed by atoms with Gasteiger partial charge in [-0.1, -0.05) is 0 Å². The zero-order valence-corrected chi connectivity index (χ0v) is 6.28. The zero-order valence-electron chi connectivity index (χ0n) is 6.28. The first-order chi connectivity index (χ1) is 4.77. The molecule has 3 fully saturated rings. The highest BCUT2D eigenvalue weighted by atomic mass is 15.7. The summed E-state index contributed by atoms with van der Waals surface area (Å²) < 4.78 is 0. The third kappa shape index (κ3) is 0.447. The number of fused-ring (bicyclic) bond motifs is 1. The summed E-state index contributed by atoms with van der Waals surface area (Å²) in [4.78, 5) is 2.42. The van der Waals surface area contributed by atoms with Crippen molar-refractivity contribution in [2.24, 2.45) is 5.41 Å². The lowest BCUT2D eigenvalue weighted by atomic mass is 9.98. The molecule has 2 spiro atoms. The molecule has 2 saturated heterocycles. The fourth-order valence-electron chi connectivity index (χ4n) is 2.44. The van der Waals surface area contributed by atoms with Crippen LogP contribution in [0.3, 0.4) is 0 Å². The summed E-state index contributed by atoms with van der Waals surface area (Å²) in [6, 6.07) is 0. The number of likely N-dealkylation sites (tertiary alicyclic amines) is 1. The topological polar surface area (TPSA) is 47.1 Å². The lowest BCUT2D eigenvalue weighted by molar-refractivity contribution is 0.389. The van der Waals surface area contributed by atoms with Crippen LogP contribution in [0.4, 0.5) is 0 Å². The Labute approximate surface area is 60.7 Å². The van der Waals surface area contributed by atoms with Crippen molar-refractivity contribution in [3.05, 3.63) is 0 Å². The van der Waals surface area contributed by atoms with Crippen molar-refractivity contribution in [1.29, 1.82) is 0 Å². The molecule has 2 aliphatic heterocycles. The first-order valence-corrected chi connectivity index (χ1v) is 3.99. The second-order valence-electron chi connectivity index (χ2n) is 4.11. The molecule has 0 atom stereocenters. The highest BCUT2D eigenvalue weighted by Gasteiger charge is 2.69. The van der Waals surface area contributed by atoms with Crippen LogP contribution in [0.5, 0.6) is 0 Å². The Hall–Kier alpha value is -0.120. The Bertz CT molecular complexity index is 161. The quantitative estimate of drug-likeness (QED) is 0.445. The molecule has 56 valence electrons. The maximum absolute atomic E-state index is 3.30. The summed E-state index contributed by atoms with van der Waals surface area (Å²) in [7, 11) is 2.20. The fraction of sp³-hybridized carbons (Fsp3) is 1.00. The largest absolute Gasteiger partial charge is 0.302 e. The molecule has 1 aliphatic carbocycles. The summed E-state index contributed by atoms with van der Waals surface area (Å²) in [5.74, 6) is 0. The highest BCUT2D eigenvalue weighted by molar-refractivity contribution is 5.22. The molecule has 3 rings (SSSR count). The van der Waals surface area contributed by atoms with Crippen LogP contribution in [0.1, 0.15) is 12.8 Å². The van der Waals surface area contributed by atoms with Crippen LogP contribution in [0, 0.1) is 5.41 Å². The molecule has 1 saturated carbocycles. The van der Waals surface area contributed by atoms with E-state index in [2.05, 4.69) is 22.8 Å². The van der Waals surface area contributed by atoms with E-state index in [0.29, 0.717) is 11.1 Å². The predicted octanol–water partition coefficient (Wildman–Crippen LogP) is -0.484. The zero-order chi connectivity index (χ0) is 6.82. The van der Waals surface area contributed by atoms with Gasteiger partial charge in [0.2, 0.25) is 0 Å². The van der Waals surface area contributed by atoms with Crippen LogP contribution in [-0.4, -0.2) is 30.7 Å². The van der Waals surface area contributed by atoms with Crippen LogP contribution in [0.25, 0.3) is 0 Å². The average Bonchev–Trinajstić information content (AvgIpc) is 2.60. The molecular weight excluding hydrogens is 126 g/mol. The summed E-state index contributed by atoms with van der Waals surface area (Å²) in [6.07, 6.45) is 2.83. The van der Waals surface area contributed by atoms with Gasteiger partial charge in [-0.2, -0.15) is 0 Å². The third-order valence-electron chi connectivity index (χ3n) is 3.27. The number of hydrazine groups is 1. The minimum Gasteiger partial charge on any atom is -0.302 e. The molecule has 3 aliphatic rings. The van der Waals surface area contributed by atoms with Gasteiger partial charge in [-0.3, -0.25) is 0 Å². The van der Waals surface area contributed by atoms with Crippen LogP contribution >= 0.6 is 0 Å². The van der Waals surface area contributed by atoms with E-state index in [4.69, 9.17) is 0 Å². The van der Waals surface area contributed by atoms with E-state index in [0.717, 1.165) is 0 Å². The number of hydrogen-bond donors (Lipinski definition) is 2. The Balaban J connectivity index is 1.96. The van der Waals surface area contributed by atoms with Gasteiger partial charge >= 0.3 is 0 Å². The first-order valence-electron chi connectivity index (χ1n) is 3.99. The molecule has 3 nitrogen and oxygen atoms in total. The van der Waals surface area contributed by atoms with Gasteiger partial charge in [0.05, 0.1) is 0 Å². The van der Waals surface area contributed by atoms with E-state index in [1.165, 1.54) is 25.9 Å². The second-order valence-corrected chi connectivity index (χ2v) is 4.11. The van der Waals surface area contributed by atoms with Gasteiger partial charge in [0.15, 0.2) is 0 Å². The van der Waals surface area contributed by atoms with Gasteiger partial charge in [-0.05, 0) is 19.9 Å². The van der Waals surface area contributed by atoms with Crippen molar-refractivity contribution in [3.63, 3.8) is 0 Å². The van der Waals surface area contributed by atoms with E-state index >= 15 is 0 Å². The van der Waals surface area contributed by atoms with Crippen molar-refractivity contribution in [3.8, 4) is 0 Å². The number of rotatable bonds is 0. The van der Waals surface area contributed by atoms with Gasteiger partial charge in [0, 0.05) is 18.5 Å². The van der Waals surface area contributed by atoms with E-state index < -0.39 is 0 Å². The SMILES string of the molecule is CN1CC2(CC2)C2(C1)NN2. The normalized spacial score (nSPS) is 39.3. The van der Waals surface area contributed by atoms with Gasteiger partial charge < -0.3 is 4.90 Å². The van der Waals surface area contributed by atoms with E-state index in [-0.39, 0.29) is 0 Å². The van der Waals surface area contributed by atoms with Gasteiger partial charge in [-0.25, -0.2) is 10.9 Å². The first kappa shape index (κ1) is 5.52. The molecule has 0 aromatic heterocycles. The van der Waals surface area contributed by atoms with Crippen LogP contribution in [0.15, 0.2) is 0 Å². The van der Waals surface area contributed by atoms with Crippen molar-refractivity contribution in [1.82, 2.24) is 15.8 Å². The van der Waals surface area contributed by atoms with Crippen LogP contribution < -0.4 is 10.9 Å². The Morgan fingerprint density at radius 1 is 1.20 bits per heavy atom.